The fraction of sp³-hybridized carbons (Fsp3) is 0.308. The normalized spacial score (nSPS) is 15.1. The number of rotatable bonds is 3. The van der Waals surface area contributed by atoms with Gasteiger partial charge in [0.2, 0.25) is 5.91 Å². The van der Waals surface area contributed by atoms with Gasteiger partial charge in [-0.25, -0.2) is 4.39 Å². The van der Waals surface area contributed by atoms with Gasteiger partial charge >= 0.3 is 0 Å². The number of aromatic amines is 1. The van der Waals surface area contributed by atoms with Crippen molar-refractivity contribution in [3.8, 4) is 0 Å². The van der Waals surface area contributed by atoms with Crippen LogP contribution in [0.15, 0.2) is 24.4 Å². The number of fused-ring (bicyclic) bond motifs is 1. The van der Waals surface area contributed by atoms with Gasteiger partial charge in [-0.15, -0.1) is 0 Å². The average Bonchev–Trinajstić information content (AvgIpc) is 3.00. The predicted molar refractivity (Wildman–Crippen MR) is 63.1 cm³/mol. The molecule has 4 heteroatoms. The van der Waals surface area contributed by atoms with Crippen molar-refractivity contribution in [1.29, 1.82) is 0 Å². The Morgan fingerprint density at radius 3 is 3.06 bits per heavy atom. The van der Waals surface area contributed by atoms with Gasteiger partial charge in [0.15, 0.2) is 0 Å². The van der Waals surface area contributed by atoms with Crippen molar-refractivity contribution in [3.63, 3.8) is 0 Å². The number of carbonyl (C=O) groups is 1. The number of halogens is 1. The highest BCUT2D eigenvalue weighted by Crippen LogP contribution is 2.23. The topological polar surface area (TPSA) is 44.9 Å². The van der Waals surface area contributed by atoms with Gasteiger partial charge in [0.05, 0.1) is 6.42 Å². The zero-order valence-corrected chi connectivity index (χ0v) is 9.29. The third-order valence-electron chi connectivity index (χ3n) is 3.03. The van der Waals surface area contributed by atoms with Gasteiger partial charge in [-0.2, -0.15) is 0 Å². The molecule has 3 nitrogen and oxygen atoms in total. The van der Waals surface area contributed by atoms with Crippen molar-refractivity contribution in [2.24, 2.45) is 0 Å². The third-order valence-corrected chi connectivity index (χ3v) is 3.03. The van der Waals surface area contributed by atoms with E-state index in [0.29, 0.717) is 11.4 Å². The number of amides is 1. The van der Waals surface area contributed by atoms with Crippen molar-refractivity contribution < 1.29 is 9.18 Å². The summed E-state index contributed by atoms with van der Waals surface area (Å²) < 4.78 is 13.7. The van der Waals surface area contributed by atoms with E-state index < -0.39 is 0 Å². The molecule has 1 heterocycles. The van der Waals surface area contributed by atoms with Crippen LogP contribution in [-0.2, 0) is 11.2 Å². The Kier molecular flexibility index (Phi) is 2.35. The molecule has 3 rings (SSSR count). The van der Waals surface area contributed by atoms with Crippen molar-refractivity contribution >= 4 is 16.8 Å². The monoisotopic (exact) mass is 232 g/mol. The van der Waals surface area contributed by atoms with E-state index in [1.165, 1.54) is 6.07 Å². The average molecular weight is 232 g/mol. The van der Waals surface area contributed by atoms with Gasteiger partial charge < -0.3 is 10.3 Å². The molecule has 1 aliphatic rings. The van der Waals surface area contributed by atoms with E-state index in [4.69, 9.17) is 0 Å². The second kappa shape index (κ2) is 3.87. The number of carbonyl (C=O) groups excluding carboxylic acids is 1. The maximum atomic E-state index is 13.7. The number of nitrogens with one attached hydrogen (secondary N) is 2. The van der Waals surface area contributed by atoms with Crippen LogP contribution in [0.3, 0.4) is 0 Å². The number of H-pyrrole nitrogens is 1. The van der Waals surface area contributed by atoms with Crippen LogP contribution >= 0.6 is 0 Å². The fourth-order valence-corrected chi connectivity index (χ4v) is 2.03. The second-order valence-electron chi connectivity index (χ2n) is 4.49. The molecule has 0 atom stereocenters. The number of aromatic nitrogens is 1. The van der Waals surface area contributed by atoms with E-state index in [1.54, 1.807) is 18.3 Å². The van der Waals surface area contributed by atoms with Crippen LogP contribution < -0.4 is 5.32 Å². The standard InChI is InChI=1S/C13H13FN2O/c14-10-2-1-3-11-13(10)8(7-15-11)6-12(17)16-9-4-5-9/h1-3,7,9,15H,4-6H2,(H,16,17). The molecule has 1 saturated carbocycles. The molecule has 88 valence electrons. The number of hydrogen-bond acceptors (Lipinski definition) is 1. The van der Waals surface area contributed by atoms with Gasteiger partial charge in [0.25, 0.3) is 0 Å². The summed E-state index contributed by atoms with van der Waals surface area (Å²) in [4.78, 5) is 14.7. The summed E-state index contributed by atoms with van der Waals surface area (Å²) in [6, 6.07) is 5.22. The lowest BCUT2D eigenvalue weighted by molar-refractivity contribution is -0.120. The van der Waals surface area contributed by atoms with Crippen LogP contribution in [0.4, 0.5) is 4.39 Å². The Hall–Kier alpha value is -1.84. The van der Waals surface area contributed by atoms with Gasteiger partial charge in [0, 0.05) is 23.1 Å². The molecule has 2 N–H and O–H groups in total. The lowest BCUT2D eigenvalue weighted by atomic mass is 10.1. The quantitative estimate of drug-likeness (QED) is 0.836. The first kappa shape index (κ1) is 10.3. The molecule has 1 amide bonds. The lowest BCUT2D eigenvalue weighted by Crippen LogP contribution is -2.26. The van der Waals surface area contributed by atoms with Crippen LogP contribution in [0.1, 0.15) is 18.4 Å². The molecule has 0 bridgehead atoms. The number of hydrogen-bond donors (Lipinski definition) is 2. The summed E-state index contributed by atoms with van der Waals surface area (Å²) in [6.45, 7) is 0. The van der Waals surface area contributed by atoms with Crippen LogP contribution in [0.2, 0.25) is 0 Å². The Balaban J connectivity index is 1.86. The molecular formula is C13H13FN2O. The molecule has 0 aliphatic heterocycles. The maximum Gasteiger partial charge on any atom is 0.224 e. The minimum absolute atomic E-state index is 0.0309. The Bertz CT molecular complexity index is 572. The first-order valence-electron chi connectivity index (χ1n) is 5.78. The zero-order chi connectivity index (χ0) is 11.8. The lowest BCUT2D eigenvalue weighted by Gasteiger charge is -2.02. The van der Waals surface area contributed by atoms with E-state index in [-0.39, 0.29) is 18.1 Å². The van der Waals surface area contributed by atoms with E-state index in [0.717, 1.165) is 23.9 Å². The highest BCUT2D eigenvalue weighted by molar-refractivity contribution is 5.89. The van der Waals surface area contributed by atoms with E-state index in [2.05, 4.69) is 10.3 Å². The minimum Gasteiger partial charge on any atom is -0.361 e. The molecule has 0 saturated heterocycles. The summed E-state index contributed by atoms with van der Waals surface area (Å²) >= 11 is 0. The molecule has 0 unspecified atom stereocenters. The predicted octanol–water partition coefficient (Wildman–Crippen LogP) is 2.13. The first-order valence-corrected chi connectivity index (χ1v) is 5.78. The molecule has 0 radical (unpaired) electrons. The van der Waals surface area contributed by atoms with E-state index in [9.17, 15) is 9.18 Å². The summed E-state index contributed by atoms with van der Waals surface area (Å²) in [5, 5.41) is 3.43. The van der Waals surface area contributed by atoms with E-state index in [1.807, 2.05) is 0 Å². The maximum absolute atomic E-state index is 13.7. The largest absolute Gasteiger partial charge is 0.361 e. The van der Waals surface area contributed by atoms with Crippen molar-refractivity contribution in [2.75, 3.05) is 0 Å². The van der Waals surface area contributed by atoms with Crippen LogP contribution in [0, 0.1) is 5.82 Å². The molecule has 1 aromatic carbocycles. The molecule has 17 heavy (non-hydrogen) atoms. The Morgan fingerprint density at radius 1 is 1.47 bits per heavy atom. The van der Waals surface area contributed by atoms with Crippen LogP contribution in [0.25, 0.3) is 10.9 Å². The summed E-state index contributed by atoms with van der Waals surface area (Å²) in [5.74, 6) is -0.311. The van der Waals surface area contributed by atoms with Crippen molar-refractivity contribution in [2.45, 2.75) is 25.3 Å². The van der Waals surface area contributed by atoms with Gasteiger partial charge in [-0.1, -0.05) is 6.07 Å². The van der Waals surface area contributed by atoms with E-state index >= 15 is 0 Å². The highest BCUT2D eigenvalue weighted by atomic mass is 19.1. The molecule has 1 aromatic heterocycles. The van der Waals surface area contributed by atoms with Gasteiger partial charge in [-0.05, 0) is 30.5 Å². The van der Waals surface area contributed by atoms with Crippen molar-refractivity contribution in [1.82, 2.24) is 10.3 Å². The Morgan fingerprint density at radius 2 is 2.29 bits per heavy atom. The summed E-state index contributed by atoms with van der Waals surface area (Å²) in [7, 11) is 0. The second-order valence-corrected chi connectivity index (χ2v) is 4.49. The van der Waals surface area contributed by atoms with Crippen LogP contribution in [-0.4, -0.2) is 16.9 Å². The summed E-state index contributed by atoms with van der Waals surface area (Å²) in [5.41, 5.74) is 1.45. The van der Waals surface area contributed by atoms with Crippen LogP contribution in [0.5, 0.6) is 0 Å². The van der Waals surface area contributed by atoms with Gasteiger partial charge in [-0.3, -0.25) is 4.79 Å². The molecule has 0 spiro atoms. The highest BCUT2D eigenvalue weighted by Gasteiger charge is 2.23. The zero-order valence-electron chi connectivity index (χ0n) is 9.29. The Labute approximate surface area is 98.0 Å². The number of benzene rings is 1. The molecule has 1 fully saturated rings. The summed E-state index contributed by atoms with van der Waals surface area (Å²) in [6.07, 6.45) is 4.07. The smallest absolute Gasteiger partial charge is 0.224 e. The first-order chi connectivity index (χ1) is 8.24. The third kappa shape index (κ3) is 2.02. The fourth-order valence-electron chi connectivity index (χ4n) is 2.03. The molecule has 1 aliphatic carbocycles. The SMILES string of the molecule is O=C(Cc1c[nH]c2cccc(F)c12)NC1CC1. The molecule has 2 aromatic rings. The molecular weight excluding hydrogens is 219 g/mol. The van der Waals surface area contributed by atoms with Gasteiger partial charge in [0.1, 0.15) is 5.82 Å². The minimum atomic E-state index is -0.280. The van der Waals surface area contributed by atoms with Crippen molar-refractivity contribution in [3.05, 3.63) is 35.8 Å².